The summed E-state index contributed by atoms with van der Waals surface area (Å²) in [6, 6.07) is 15.1. The van der Waals surface area contributed by atoms with Crippen molar-refractivity contribution in [3.8, 4) is 0 Å². The number of halogens is 1. The molecule has 4 rings (SSSR count). The number of fused-ring (bicyclic) bond motifs is 1. The second-order valence-electron chi connectivity index (χ2n) is 6.71. The Kier molecular flexibility index (Phi) is 4.93. The van der Waals surface area contributed by atoms with Crippen molar-refractivity contribution >= 4 is 23.2 Å². The smallest absolute Gasteiger partial charge is 0.293 e. The Morgan fingerprint density at radius 1 is 1.11 bits per heavy atom. The molecule has 2 heterocycles. The minimum Gasteiger partial charge on any atom is -0.459 e. The van der Waals surface area contributed by atoms with Crippen molar-refractivity contribution in [1.82, 2.24) is 0 Å². The predicted molar refractivity (Wildman–Crippen MR) is 104 cm³/mol. The van der Waals surface area contributed by atoms with E-state index in [1.165, 1.54) is 18.4 Å². The number of anilines is 2. The van der Waals surface area contributed by atoms with Gasteiger partial charge < -0.3 is 14.6 Å². The second kappa shape index (κ2) is 7.68. The van der Waals surface area contributed by atoms with Crippen LogP contribution in [0.2, 0.25) is 0 Å². The molecule has 5 nitrogen and oxygen atoms in total. The summed E-state index contributed by atoms with van der Waals surface area (Å²) in [7, 11) is 0. The Balaban J connectivity index is 1.43. The molecule has 0 unspecified atom stereocenters. The fourth-order valence-corrected chi connectivity index (χ4v) is 3.38. The molecule has 1 aromatic heterocycles. The van der Waals surface area contributed by atoms with Crippen LogP contribution in [-0.2, 0) is 17.6 Å². The van der Waals surface area contributed by atoms with Gasteiger partial charge in [-0.25, -0.2) is 4.39 Å². The van der Waals surface area contributed by atoms with E-state index in [4.69, 9.17) is 4.42 Å². The summed E-state index contributed by atoms with van der Waals surface area (Å²) in [5.74, 6) is -0.375. The molecular weight excluding hydrogens is 359 g/mol. The summed E-state index contributed by atoms with van der Waals surface area (Å²) >= 11 is 0. The lowest BCUT2D eigenvalue weighted by molar-refractivity contribution is -0.116. The van der Waals surface area contributed by atoms with Gasteiger partial charge in [-0.05, 0) is 60.4 Å². The number of aryl methyl sites for hydroxylation is 1. The lowest BCUT2D eigenvalue weighted by Crippen LogP contribution is -2.28. The highest BCUT2D eigenvalue weighted by molar-refractivity contribution is 6.06. The standard InChI is InChI=1S/C22H19FN2O3/c23-17-4-1-3-15(13-17)6-9-21(26)24-18-8-7-16-10-11-25(19(16)14-18)22(27)20-5-2-12-28-20/h1-5,7-8,12-14H,6,9-11H2,(H,24,26). The van der Waals surface area contributed by atoms with Crippen LogP contribution in [0.3, 0.4) is 0 Å². The number of nitrogens with zero attached hydrogens (tertiary/aromatic N) is 1. The summed E-state index contributed by atoms with van der Waals surface area (Å²) in [5.41, 5.74) is 3.24. The molecule has 0 aliphatic carbocycles. The Hall–Kier alpha value is -3.41. The van der Waals surface area contributed by atoms with Gasteiger partial charge in [-0.2, -0.15) is 0 Å². The number of furan rings is 1. The Morgan fingerprint density at radius 2 is 2.00 bits per heavy atom. The Bertz CT molecular complexity index is 1010. The van der Waals surface area contributed by atoms with Gasteiger partial charge in [0.05, 0.1) is 6.26 Å². The molecule has 0 spiro atoms. The lowest BCUT2D eigenvalue weighted by Gasteiger charge is -2.17. The molecular formula is C22H19FN2O3. The summed E-state index contributed by atoms with van der Waals surface area (Å²) in [6.45, 7) is 0.575. The molecule has 0 saturated carbocycles. The first-order chi connectivity index (χ1) is 13.6. The van der Waals surface area contributed by atoms with Crippen LogP contribution in [-0.4, -0.2) is 18.4 Å². The van der Waals surface area contributed by atoms with Crippen molar-refractivity contribution < 1.29 is 18.4 Å². The molecule has 0 atom stereocenters. The highest BCUT2D eigenvalue weighted by atomic mass is 19.1. The molecule has 1 aliphatic rings. The average molecular weight is 378 g/mol. The predicted octanol–water partition coefficient (Wildman–Crippen LogP) is 4.19. The minimum absolute atomic E-state index is 0.161. The van der Waals surface area contributed by atoms with Crippen molar-refractivity contribution in [3.63, 3.8) is 0 Å². The van der Waals surface area contributed by atoms with Gasteiger partial charge >= 0.3 is 0 Å². The third kappa shape index (κ3) is 3.81. The number of amides is 2. The van der Waals surface area contributed by atoms with Gasteiger partial charge in [-0.15, -0.1) is 0 Å². The van der Waals surface area contributed by atoms with E-state index in [1.54, 1.807) is 29.2 Å². The maximum atomic E-state index is 13.2. The number of nitrogens with one attached hydrogen (secondary N) is 1. The Morgan fingerprint density at radius 3 is 2.79 bits per heavy atom. The maximum Gasteiger partial charge on any atom is 0.293 e. The molecule has 142 valence electrons. The molecule has 0 saturated heterocycles. The van der Waals surface area contributed by atoms with E-state index in [0.717, 1.165) is 23.2 Å². The molecule has 2 amide bonds. The highest BCUT2D eigenvalue weighted by Gasteiger charge is 2.27. The van der Waals surface area contributed by atoms with Gasteiger partial charge in [0.1, 0.15) is 5.82 Å². The molecule has 1 N–H and O–H groups in total. The number of hydrogen-bond acceptors (Lipinski definition) is 3. The van der Waals surface area contributed by atoms with Gasteiger partial charge in [0.25, 0.3) is 5.91 Å². The second-order valence-corrected chi connectivity index (χ2v) is 6.71. The zero-order chi connectivity index (χ0) is 19.5. The average Bonchev–Trinajstić information content (AvgIpc) is 3.36. The van der Waals surface area contributed by atoms with Crippen LogP contribution in [0, 0.1) is 5.82 Å². The van der Waals surface area contributed by atoms with E-state index in [0.29, 0.717) is 18.7 Å². The molecule has 6 heteroatoms. The number of rotatable bonds is 5. The van der Waals surface area contributed by atoms with Crippen molar-refractivity contribution in [1.29, 1.82) is 0 Å². The zero-order valence-corrected chi connectivity index (χ0v) is 15.2. The van der Waals surface area contributed by atoms with Crippen molar-refractivity contribution in [3.05, 3.63) is 83.6 Å². The normalized spacial score (nSPS) is 12.7. The first-order valence-electron chi connectivity index (χ1n) is 9.13. The number of carbonyl (C=O) groups excluding carboxylic acids is 2. The first-order valence-corrected chi connectivity index (χ1v) is 9.13. The molecule has 0 bridgehead atoms. The third-order valence-corrected chi connectivity index (χ3v) is 4.77. The minimum atomic E-state index is -0.308. The van der Waals surface area contributed by atoms with Gasteiger partial charge in [-0.1, -0.05) is 18.2 Å². The summed E-state index contributed by atoms with van der Waals surface area (Å²) in [6.07, 6.45) is 2.93. The largest absolute Gasteiger partial charge is 0.459 e. The van der Waals surface area contributed by atoms with Crippen molar-refractivity contribution in [2.45, 2.75) is 19.3 Å². The van der Waals surface area contributed by atoms with E-state index >= 15 is 0 Å². The van der Waals surface area contributed by atoms with Crippen LogP contribution in [0.1, 0.15) is 28.1 Å². The van der Waals surface area contributed by atoms with E-state index in [9.17, 15) is 14.0 Å². The molecule has 0 radical (unpaired) electrons. The zero-order valence-electron chi connectivity index (χ0n) is 15.2. The quantitative estimate of drug-likeness (QED) is 0.724. The van der Waals surface area contributed by atoms with Gasteiger partial charge in [-0.3, -0.25) is 9.59 Å². The fraction of sp³-hybridized carbons (Fsp3) is 0.182. The molecule has 28 heavy (non-hydrogen) atoms. The topological polar surface area (TPSA) is 62.6 Å². The van der Waals surface area contributed by atoms with E-state index in [-0.39, 0.29) is 29.8 Å². The van der Waals surface area contributed by atoms with Crippen LogP contribution in [0.15, 0.2) is 65.3 Å². The number of carbonyl (C=O) groups is 2. The van der Waals surface area contributed by atoms with E-state index < -0.39 is 0 Å². The van der Waals surface area contributed by atoms with E-state index in [1.807, 2.05) is 18.2 Å². The Labute approximate surface area is 161 Å². The number of benzene rings is 2. The number of hydrogen-bond donors (Lipinski definition) is 1. The maximum absolute atomic E-state index is 13.2. The van der Waals surface area contributed by atoms with Crippen molar-refractivity contribution in [2.24, 2.45) is 0 Å². The SMILES string of the molecule is O=C(CCc1cccc(F)c1)Nc1ccc2c(c1)N(C(=O)c1ccco1)CC2. The van der Waals surface area contributed by atoms with Crippen LogP contribution < -0.4 is 10.2 Å². The van der Waals surface area contributed by atoms with Gasteiger partial charge in [0.15, 0.2) is 5.76 Å². The van der Waals surface area contributed by atoms with Gasteiger partial charge in [0.2, 0.25) is 5.91 Å². The summed E-state index contributed by atoms with van der Waals surface area (Å²) < 4.78 is 18.4. The van der Waals surface area contributed by atoms with Crippen LogP contribution in [0.4, 0.5) is 15.8 Å². The fourth-order valence-electron chi connectivity index (χ4n) is 3.38. The lowest BCUT2D eigenvalue weighted by atomic mass is 10.1. The van der Waals surface area contributed by atoms with Gasteiger partial charge in [0, 0.05) is 24.3 Å². The molecule has 3 aromatic rings. The summed E-state index contributed by atoms with van der Waals surface area (Å²) in [5, 5.41) is 2.86. The van der Waals surface area contributed by atoms with E-state index in [2.05, 4.69) is 5.32 Å². The third-order valence-electron chi connectivity index (χ3n) is 4.77. The monoisotopic (exact) mass is 378 g/mol. The highest BCUT2D eigenvalue weighted by Crippen LogP contribution is 2.32. The van der Waals surface area contributed by atoms with Crippen LogP contribution in [0.25, 0.3) is 0 Å². The summed E-state index contributed by atoms with van der Waals surface area (Å²) in [4.78, 5) is 26.5. The molecule has 0 fully saturated rings. The van der Waals surface area contributed by atoms with Crippen LogP contribution in [0.5, 0.6) is 0 Å². The first kappa shape index (κ1) is 18.0. The molecule has 1 aliphatic heterocycles. The van der Waals surface area contributed by atoms with Crippen molar-refractivity contribution in [2.75, 3.05) is 16.8 Å². The molecule has 2 aromatic carbocycles. The van der Waals surface area contributed by atoms with Crippen LogP contribution >= 0.6 is 0 Å².